The van der Waals surface area contributed by atoms with Gasteiger partial charge in [0.2, 0.25) is 5.88 Å². The first kappa shape index (κ1) is 20.8. The molecule has 2 N–H and O–H groups in total. The Bertz CT molecular complexity index is 1430. The van der Waals surface area contributed by atoms with Gasteiger partial charge in [-0.1, -0.05) is 51.1 Å². The summed E-state index contributed by atoms with van der Waals surface area (Å²) in [7, 11) is 1.66. The van der Waals surface area contributed by atoms with E-state index in [0.29, 0.717) is 5.52 Å². The van der Waals surface area contributed by atoms with Crippen molar-refractivity contribution in [1.82, 2.24) is 19.7 Å². The smallest absolute Gasteiger partial charge is 0.222 e. The van der Waals surface area contributed by atoms with E-state index in [1.54, 1.807) is 13.3 Å². The van der Waals surface area contributed by atoms with Crippen LogP contribution in [0.5, 0.6) is 11.6 Å². The molecule has 33 heavy (non-hydrogen) atoms. The van der Waals surface area contributed by atoms with Crippen LogP contribution in [0.4, 0.5) is 0 Å². The first-order chi connectivity index (χ1) is 15.9. The number of benzene rings is 2. The minimum Gasteiger partial charge on any atom is -0.496 e. The van der Waals surface area contributed by atoms with E-state index in [-0.39, 0.29) is 11.3 Å². The van der Waals surface area contributed by atoms with Crippen molar-refractivity contribution >= 4 is 10.9 Å². The normalized spacial score (nSPS) is 11.8. The molecule has 0 atom stereocenters. The Morgan fingerprint density at radius 1 is 0.939 bits per heavy atom. The number of hydrogen-bond acceptors (Lipinski definition) is 4. The van der Waals surface area contributed by atoms with Gasteiger partial charge in [-0.3, -0.25) is 14.6 Å². The molecule has 0 unspecified atom stereocenters. The molecule has 166 valence electrons. The van der Waals surface area contributed by atoms with Crippen molar-refractivity contribution < 1.29 is 9.84 Å². The van der Waals surface area contributed by atoms with E-state index in [1.807, 2.05) is 71.3 Å². The summed E-state index contributed by atoms with van der Waals surface area (Å²) in [6.45, 7) is 6.35. The first-order valence-corrected chi connectivity index (χ1v) is 10.9. The van der Waals surface area contributed by atoms with Crippen LogP contribution in [0.15, 0.2) is 72.9 Å². The summed E-state index contributed by atoms with van der Waals surface area (Å²) >= 11 is 0. The molecule has 0 saturated carbocycles. The zero-order valence-corrected chi connectivity index (χ0v) is 19.1. The standard InChI is InChI=1S/C27H26N4O2/c1-27(2,3)25-22-23(29-30-25)26(32)31(24(22)19-9-5-6-11-21(19)33-4)18-14-12-17(13-15-18)20-10-7-8-16-28-20/h5-16,29,32H,1-4H3. The van der Waals surface area contributed by atoms with E-state index < -0.39 is 0 Å². The van der Waals surface area contributed by atoms with Crippen molar-refractivity contribution in [3.8, 4) is 39.8 Å². The molecule has 0 aliphatic carbocycles. The number of nitrogens with zero attached hydrogens (tertiary/aromatic N) is 3. The van der Waals surface area contributed by atoms with Gasteiger partial charge in [-0.05, 0) is 36.4 Å². The maximum Gasteiger partial charge on any atom is 0.222 e. The van der Waals surface area contributed by atoms with Gasteiger partial charge in [0.15, 0.2) is 0 Å². The number of H-pyrrole nitrogens is 1. The average Bonchev–Trinajstić information content (AvgIpc) is 3.39. The second kappa shape index (κ2) is 7.81. The quantitative estimate of drug-likeness (QED) is 0.356. The molecule has 6 nitrogen and oxygen atoms in total. The number of hydrogen-bond donors (Lipinski definition) is 2. The maximum absolute atomic E-state index is 11.4. The summed E-state index contributed by atoms with van der Waals surface area (Å²) in [5.41, 5.74) is 5.72. The number of pyridine rings is 1. The van der Waals surface area contributed by atoms with E-state index in [0.717, 1.165) is 45.0 Å². The van der Waals surface area contributed by atoms with Crippen LogP contribution < -0.4 is 4.74 Å². The number of aromatic hydroxyl groups is 1. The number of ether oxygens (including phenoxy) is 1. The lowest BCUT2D eigenvalue weighted by molar-refractivity contribution is 0.416. The predicted molar refractivity (Wildman–Crippen MR) is 131 cm³/mol. The summed E-state index contributed by atoms with van der Waals surface area (Å²) in [6.07, 6.45) is 1.78. The molecule has 0 amide bonds. The monoisotopic (exact) mass is 438 g/mol. The van der Waals surface area contributed by atoms with Crippen molar-refractivity contribution in [2.45, 2.75) is 26.2 Å². The minimum atomic E-state index is -0.226. The number of fused-ring (bicyclic) bond motifs is 1. The number of para-hydroxylation sites is 1. The van der Waals surface area contributed by atoms with Gasteiger partial charge >= 0.3 is 0 Å². The third kappa shape index (κ3) is 3.44. The topological polar surface area (TPSA) is 76.0 Å². The van der Waals surface area contributed by atoms with Crippen LogP contribution in [0.1, 0.15) is 26.5 Å². The maximum atomic E-state index is 11.4. The fraction of sp³-hybridized carbons (Fsp3) is 0.185. The summed E-state index contributed by atoms with van der Waals surface area (Å²) in [5.74, 6) is 0.837. The van der Waals surface area contributed by atoms with Crippen LogP contribution in [0.25, 0.3) is 39.1 Å². The highest BCUT2D eigenvalue weighted by Gasteiger charge is 2.30. The van der Waals surface area contributed by atoms with Gasteiger partial charge in [-0.2, -0.15) is 5.10 Å². The Morgan fingerprint density at radius 3 is 2.33 bits per heavy atom. The van der Waals surface area contributed by atoms with E-state index in [2.05, 4.69) is 36.0 Å². The zero-order valence-electron chi connectivity index (χ0n) is 19.1. The van der Waals surface area contributed by atoms with Gasteiger partial charge in [0, 0.05) is 28.4 Å². The second-order valence-corrected chi connectivity index (χ2v) is 9.04. The molecule has 5 rings (SSSR count). The number of aromatic amines is 1. The van der Waals surface area contributed by atoms with Crippen LogP contribution in [-0.2, 0) is 5.41 Å². The molecule has 0 spiro atoms. The SMILES string of the molecule is COc1ccccc1-c1c2c(C(C)(C)C)n[nH]c2c(O)n1-c1ccc(-c2ccccn2)cc1. The second-order valence-electron chi connectivity index (χ2n) is 9.04. The molecule has 5 aromatic rings. The highest BCUT2D eigenvalue weighted by atomic mass is 16.5. The first-order valence-electron chi connectivity index (χ1n) is 10.9. The fourth-order valence-corrected chi connectivity index (χ4v) is 4.27. The Kier molecular flexibility index (Phi) is 4.93. The van der Waals surface area contributed by atoms with Gasteiger partial charge < -0.3 is 9.84 Å². The lowest BCUT2D eigenvalue weighted by Crippen LogP contribution is -2.12. The molecule has 0 bridgehead atoms. The van der Waals surface area contributed by atoms with Gasteiger partial charge in [-0.15, -0.1) is 0 Å². The molecular formula is C27H26N4O2. The molecule has 0 aliphatic heterocycles. The Hall–Kier alpha value is -4.06. The Morgan fingerprint density at radius 2 is 1.67 bits per heavy atom. The van der Waals surface area contributed by atoms with Gasteiger partial charge in [-0.25, -0.2) is 0 Å². The highest BCUT2D eigenvalue weighted by molar-refractivity contribution is 6.02. The van der Waals surface area contributed by atoms with Crippen LogP contribution in [0.3, 0.4) is 0 Å². The number of aromatic nitrogens is 4. The minimum absolute atomic E-state index is 0.111. The largest absolute Gasteiger partial charge is 0.496 e. The van der Waals surface area contributed by atoms with E-state index in [9.17, 15) is 5.11 Å². The molecule has 3 heterocycles. The third-order valence-corrected chi connectivity index (χ3v) is 5.82. The number of nitrogens with one attached hydrogen (secondary N) is 1. The fourth-order valence-electron chi connectivity index (χ4n) is 4.27. The van der Waals surface area contributed by atoms with Crippen molar-refractivity contribution in [3.63, 3.8) is 0 Å². The average molecular weight is 439 g/mol. The van der Waals surface area contributed by atoms with Gasteiger partial charge in [0.25, 0.3) is 0 Å². The van der Waals surface area contributed by atoms with Crippen LogP contribution in [0.2, 0.25) is 0 Å². The van der Waals surface area contributed by atoms with Crippen LogP contribution in [-0.4, -0.2) is 32.0 Å². The molecule has 6 heteroatoms. The summed E-state index contributed by atoms with van der Waals surface area (Å²) in [4.78, 5) is 4.44. The Balaban J connectivity index is 1.79. The van der Waals surface area contributed by atoms with Crippen molar-refractivity contribution in [2.75, 3.05) is 7.11 Å². The number of methoxy groups -OCH3 is 1. The zero-order chi connectivity index (χ0) is 23.2. The molecule has 0 fully saturated rings. The lowest BCUT2D eigenvalue weighted by atomic mass is 9.89. The molecule has 0 radical (unpaired) electrons. The molecule has 0 saturated heterocycles. The summed E-state index contributed by atoms with van der Waals surface area (Å²) in [6, 6.07) is 21.7. The molecule has 3 aromatic heterocycles. The summed E-state index contributed by atoms with van der Waals surface area (Å²) < 4.78 is 7.55. The van der Waals surface area contributed by atoms with Gasteiger partial charge in [0.05, 0.1) is 29.6 Å². The van der Waals surface area contributed by atoms with Crippen LogP contribution >= 0.6 is 0 Å². The molecule has 2 aromatic carbocycles. The highest BCUT2D eigenvalue weighted by Crippen LogP contribution is 2.46. The molecule has 0 aliphatic rings. The van der Waals surface area contributed by atoms with Crippen LogP contribution in [0, 0.1) is 0 Å². The van der Waals surface area contributed by atoms with Crippen molar-refractivity contribution in [1.29, 1.82) is 0 Å². The summed E-state index contributed by atoms with van der Waals surface area (Å²) in [5, 5.41) is 19.9. The third-order valence-electron chi connectivity index (χ3n) is 5.82. The molecular weight excluding hydrogens is 412 g/mol. The predicted octanol–water partition coefficient (Wildman–Crippen LogP) is 6.09. The van der Waals surface area contributed by atoms with E-state index in [1.165, 1.54) is 0 Å². The number of rotatable bonds is 4. The lowest BCUT2D eigenvalue weighted by Gasteiger charge is -2.18. The van der Waals surface area contributed by atoms with E-state index >= 15 is 0 Å². The van der Waals surface area contributed by atoms with Crippen molar-refractivity contribution in [2.24, 2.45) is 0 Å². The van der Waals surface area contributed by atoms with E-state index in [4.69, 9.17) is 4.74 Å². The Labute approximate surface area is 192 Å². The van der Waals surface area contributed by atoms with Crippen molar-refractivity contribution in [3.05, 3.63) is 78.6 Å². The van der Waals surface area contributed by atoms with Gasteiger partial charge in [0.1, 0.15) is 11.3 Å².